The number of hydrogen-bond donors (Lipinski definition) is 0. The molecule has 0 aliphatic rings. The van der Waals surface area contributed by atoms with Crippen LogP contribution in [0.4, 0.5) is 0 Å². The second-order valence-corrected chi connectivity index (χ2v) is 14.4. The molecule has 3 heteroatoms. The van der Waals surface area contributed by atoms with Gasteiger partial charge >= 0.3 is 0 Å². The van der Waals surface area contributed by atoms with Crippen LogP contribution in [0.2, 0.25) is 0 Å². The lowest BCUT2D eigenvalue weighted by atomic mass is 10.4. The molecule has 0 N–H and O–H groups in total. The third-order valence-corrected chi connectivity index (χ3v) is 14.3. The fourth-order valence-electron chi connectivity index (χ4n) is 4.46. The summed E-state index contributed by atoms with van der Waals surface area (Å²) in [7, 11) is -3.12. The minimum absolute atomic E-state index is 0.855. The SMILES string of the molecule is O=P(C=P(c1ccccc1)(c1ccccc1)c1ccccc1)(c1ccccc1)c1ccccc1. The van der Waals surface area contributed by atoms with Crippen LogP contribution in [-0.4, -0.2) is 5.54 Å². The standard InChI is InChI=1S/C31H26OP2/c32-34(30-22-12-4-13-23-30,31-24-14-5-15-25-31)26-33(27-16-6-1-7-17-27,28-18-8-2-9-19-28)29-20-10-3-11-21-29/h1-26H. The summed E-state index contributed by atoms with van der Waals surface area (Å²) in [6, 6.07) is 51.6. The van der Waals surface area contributed by atoms with Gasteiger partial charge < -0.3 is 4.57 Å². The number of hydrogen-bond acceptors (Lipinski definition) is 1. The van der Waals surface area contributed by atoms with Crippen molar-refractivity contribution in [3.63, 3.8) is 0 Å². The highest BCUT2D eigenvalue weighted by atomic mass is 31.2. The Morgan fingerprint density at radius 2 is 0.588 bits per heavy atom. The number of rotatable bonds is 6. The van der Waals surface area contributed by atoms with E-state index in [0.29, 0.717) is 0 Å². The topological polar surface area (TPSA) is 17.1 Å². The Kier molecular flexibility index (Phi) is 6.50. The van der Waals surface area contributed by atoms with Crippen molar-refractivity contribution in [3.8, 4) is 0 Å². The Morgan fingerprint density at radius 3 is 0.853 bits per heavy atom. The van der Waals surface area contributed by atoms with Crippen molar-refractivity contribution in [3.05, 3.63) is 152 Å². The third kappa shape index (κ3) is 4.14. The summed E-state index contributed by atoms with van der Waals surface area (Å²) in [6.45, 7) is -2.39. The highest BCUT2D eigenvalue weighted by Gasteiger charge is 2.33. The lowest BCUT2D eigenvalue weighted by Gasteiger charge is -2.31. The van der Waals surface area contributed by atoms with Crippen LogP contribution in [0.15, 0.2) is 152 Å². The lowest BCUT2D eigenvalue weighted by molar-refractivity contribution is 0.594. The molecule has 0 radical (unpaired) electrons. The first kappa shape index (κ1) is 22.4. The highest BCUT2D eigenvalue weighted by molar-refractivity contribution is 8.10. The van der Waals surface area contributed by atoms with Gasteiger partial charge in [0.15, 0.2) is 7.14 Å². The van der Waals surface area contributed by atoms with Crippen LogP contribution < -0.4 is 26.5 Å². The molecule has 0 unspecified atom stereocenters. The highest BCUT2D eigenvalue weighted by Crippen LogP contribution is 2.53. The van der Waals surface area contributed by atoms with E-state index in [4.69, 9.17) is 0 Å². The van der Waals surface area contributed by atoms with Crippen LogP contribution >= 0.6 is 14.0 Å². The van der Waals surface area contributed by atoms with E-state index in [2.05, 4.69) is 78.3 Å². The smallest absolute Gasteiger partial charge is 0.165 e. The van der Waals surface area contributed by atoms with Crippen molar-refractivity contribution in [2.75, 3.05) is 0 Å². The Labute approximate surface area is 202 Å². The molecule has 5 aromatic carbocycles. The maximum absolute atomic E-state index is 15.3. The summed E-state index contributed by atoms with van der Waals surface area (Å²) in [5.74, 6) is 0. The quantitative estimate of drug-likeness (QED) is 0.285. The summed E-state index contributed by atoms with van der Waals surface area (Å²) in [4.78, 5) is 0. The first-order valence-corrected chi connectivity index (χ1v) is 15.0. The molecule has 0 atom stereocenters. The van der Waals surface area contributed by atoms with Gasteiger partial charge in [-0.3, -0.25) is 0 Å². The Morgan fingerprint density at radius 1 is 0.353 bits per heavy atom. The van der Waals surface area contributed by atoms with Crippen LogP contribution in [0.5, 0.6) is 0 Å². The number of benzene rings is 5. The van der Waals surface area contributed by atoms with Gasteiger partial charge in [0.2, 0.25) is 0 Å². The first-order valence-electron chi connectivity index (χ1n) is 11.4. The molecular formula is C31H26OP2. The summed E-state index contributed by atoms with van der Waals surface area (Å²) in [6.07, 6.45) is 0. The molecule has 0 amide bonds. The van der Waals surface area contributed by atoms with Gasteiger partial charge in [0.25, 0.3) is 0 Å². The van der Waals surface area contributed by atoms with E-state index in [1.54, 1.807) is 0 Å². The van der Waals surface area contributed by atoms with E-state index < -0.39 is 14.0 Å². The van der Waals surface area contributed by atoms with Gasteiger partial charge in [-0.15, -0.1) is 0 Å². The van der Waals surface area contributed by atoms with Crippen molar-refractivity contribution >= 4 is 46.1 Å². The predicted molar refractivity (Wildman–Crippen MR) is 151 cm³/mol. The molecule has 0 spiro atoms. The fourth-order valence-corrected chi connectivity index (χ4v) is 13.4. The van der Waals surface area contributed by atoms with Crippen LogP contribution in [-0.2, 0) is 4.57 Å². The van der Waals surface area contributed by atoms with Crippen molar-refractivity contribution in [2.24, 2.45) is 0 Å². The van der Waals surface area contributed by atoms with Gasteiger partial charge in [-0.05, 0) is 28.3 Å². The summed E-state index contributed by atoms with van der Waals surface area (Å²) >= 11 is 0. The summed E-state index contributed by atoms with van der Waals surface area (Å²) in [5, 5.41) is 5.29. The molecule has 0 aliphatic heterocycles. The van der Waals surface area contributed by atoms with Crippen LogP contribution in [0.25, 0.3) is 0 Å². The van der Waals surface area contributed by atoms with Crippen molar-refractivity contribution in [1.29, 1.82) is 0 Å². The van der Waals surface area contributed by atoms with E-state index in [9.17, 15) is 0 Å². The monoisotopic (exact) mass is 476 g/mol. The molecule has 0 bridgehead atoms. The average molecular weight is 476 g/mol. The van der Waals surface area contributed by atoms with Crippen molar-refractivity contribution in [2.45, 2.75) is 0 Å². The maximum atomic E-state index is 15.3. The van der Waals surface area contributed by atoms with Crippen LogP contribution in [0, 0.1) is 0 Å². The zero-order valence-electron chi connectivity index (χ0n) is 18.8. The predicted octanol–water partition coefficient (Wildman–Crippen LogP) is 5.75. The molecular weight excluding hydrogens is 450 g/mol. The zero-order valence-corrected chi connectivity index (χ0v) is 20.6. The summed E-state index contributed by atoms with van der Waals surface area (Å²) < 4.78 is 15.3. The van der Waals surface area contributed by atoms with Gasteiger partial charge in [-0.1, -0.05) is 152 Å². The molecule has 1 nitrogen and oxygen atoms in total. The minimum Gasteiger partial charge on any atom is -0.309 e. The average Bonchev–Trinajstić information content (AvgIpc) is 2.94. The lowest BCUT2D eigenvalue weighted by Crippen LogP contribution is -2.29. The van der Waals surface area contributed by atoms with E-state index in [1.807, 2.05) is 78.9 Å². The Bertz CT molecular complexity index is 1300. The van der Waals surface area contributed by atoms with Crippen LogP contribution in [0.3, 0.4) is 0 Å². The first-order chi connectivity index (χ1) is 16.7. The Balaban J connectivity index is 1.97. The second-order valence-electron chi connectivity index (χ2n) is 8.17. The summed E-state index contributed by atoms with van der Waals surface area (Å²) in [5.41, 5.74) is 2.23. The fraction of sp³-hybridized carbons (Fsp3) is 0. The van der Waals surface area contributed by atoms with E-state index >= 15 is 4.57 Å². The van der Waals surface area contributed by atoms with Crippen molar-refractivity contribution < 1.29 is 4.57 Å². The van der Waals surface area contributed by atoms with Gasteiger partial charge in [0, 0.05) is 10.6 Å². The van der Waals surface area contributed by atoms with Crippen LogP contribution in [0.1, 0.15) is 0 Å². The van der Waals surface area contributed by atoms with Gasteiger partial charge in [0.05, 0.1) is 0 Å². The minimum atomic E-state index is -3.12. The largest absolute Gasteiger partial charge is 0.309 e. The molecule has 0 saturated carbocycles. The van der Waals surface area contributed by atoms with E-state index in [0.717, 1.165) is 10.6 Å². The molecule has 5 rings (SSSR count). The normalized spacial score (nSPS) is 11.6. The van der Waals surface area contributed by atoms with E-state index in [-0.39, 0.29) is 0 Å². The third-order valence-electron chi connectivity index (χ3n) is 6.11. The van der Waals surface area contributed by atoms with Gasteiger partial charge in [-0.2, -0.15) is 0 Å². The maximum Gasteiger partial charge on any atom is 0.165 e. The second kappa shape index (κ2) is 9.86. The van der Waals surface area contributed by atoms with Gasteiger partial charge in [-0.25, -0.2) is 0 Å². The molecule has 0 saturated heterocycles. The molecule has 5 aromatic rings. The molecule has 0 aromatic heterocycles. The molecule has 0 heterocycles. The van der Waals surface area contributed by atoms with Crippen molar-refractivity contribution in [1.82, 2.24) is 0 Å². The van der Waals surface area contributed by atoms with Gasteiger partial charge in [0.1, 0.15) is 0 Å². The molecule has 0 fully saturated rings. The van der Waals surface area contributed by atoms with E-state index in [1.165, 1.54) is 15.9 Å². The molecule has 34 heavy (non-hydrogen) atoms. The molecule has 0 aliphatic carbocycles. The molecule has 166 valence electrons. The Hall–Kier alpha value is -3.37. The zero-order chi connectivity index (χ0) is 23.3.